The van der Waals surface area contributed by atoms with Crippen molar-refractivity contribution in [1.82, 2.24) is 19.4 Å². The molecule has 0 aromatic carbocycles. The quantitative estimate of drug-likeness (QED) is 0.591. The van der Waals surface area contributed by atoms with Crippen LogP contribution in [0.3, 0.4) is 0 Å². The van der Waals surface area contributed by atoms with Gasteiger partial charge in [0.05, 0.1) is 11.2 Å². The van der Waals surface area contributed by atoms with E-state index in [4.69, 9.17) is 0 Å². The Morgan fingerprint density at radius 1 is 0.929 bits per heavy atom. The number of alkyl halides is 6. The molecule has 0 saturated carbocycles. The zero-order chi connectivity index (χ0) is 20.9. The minimum absolute atomic E-state index is 0.0495. The Labute approximate surface area is 152 Å². The van der Waals surface area contributed by atoms with Crippen molar-refractivity contribution in [3.05, 3.63) is 42.5 Å². The number of rotatable bonds is 3. The highest BCUT2D eigenvalue weighted by Crippen LogP contribution is 2.35. The molecule has 0 aliphatic rings. The molecule has 0 bridgehead atoms. The molecule has 0 aliphatic heterocycles. The van der Waals surface area contributed by atoms with Crippen molar-refractivity contribution < 1.29 is 35.5 Å². The summed E-state index contributed by atoms with van der Waals surface area (Å²) in [5.41, 5.74) is -4.30. The molecule has 150 valence electrons. The molecule has 0 atom stereocenters. The Balaban J connectivity index is 1.98. The average molecular weight is 408 g/mol. The first-order chi connectivity index (χ1) is 12.8. The number of hydrogen-bond donors (Lipinski definition) is 0. The van der Waals surface area contributed by atoms with Crippen molar-refractivity contribution in [3.8, 4) is 17.1 Å². The second-order valence-electron chi connectivity index (χ2n) is 6.28. The van der Waals surface area contributed by atoms with Crippen molar-refractivity contribution in [2.45, 2.75) is 31.8 Å². The zero-order valence-corrected chi connectivity index (χ0v) is 14.2. The van der Waals surface area contributed by atoms with Crippen molar-refractivity contribution >= 4 is 5.52 Å². The number of ether oxygens (including phenoxy) is 1. The van der Waals surface area contributed by atoms with Crippen LogP contribution < -0.4 is 4.74 Å². The van der Waals surface area contributed by atoms with Crippen molar-refractivity contribution in [2.24, 2.45) is 0 Å². The van der Waals surface area contributed by atoms with Gasteiger partial charge in [0.1, 0.15) is 12.7 Å². The van der Waals surface area contributed by atoms with Gasteiger partial charge in [0.2, 0.25) is 0 Å². The van der Waals surface area contributed by atoms with Crippen LogP contribution in [0.2, 0.25) is 0 Å². The topological polar surface area (TPSA) is 52.3 Å². The van der Waals surface area contributed by atoms with E-state index in [1.165, 1.54) is 0 Å². The Morgan fingerprint density at radius 3 is 2.14 bits per heavy atom. The molecule has 5 nitrogen and oxygen atoms in total. The van der Waals surface area contributed by atoms with Gasteiger partial charge in [-0.25, -0.2) is 19.3 Å². The van der Waals surface area contributed by atoms with Gasteiger partial charge in [0.25, 0.3) is 5.88 Å². The van der Waals surface area contributed by atoms with Crippen LogP contribution in [-0.4, -0.2) is 31.1 Å². The number of pyridine rings is 1. The third-order valence-electron chi connectivity index (χ3n) is 3.83. The summed E-state index contributed by atoms with van der Waals surface area (Å²) < 4.78 is 97.4. The smallest absolute Gasteiger partial charge is 0.435 e. The average Bonchev–Trinajstić information content (AvgIpc) is 2.98. The van der Waals surface area contributed by atoms with Gasteiger partial charge in [-0.05, 0) is 26.0 Å². The number of halogens is 7. The third-order valence-corrected chi connectivity index (χ3v) is 3.83. The Hall–Kier alpha value is -2.92. The van der Waals surface area contributed by atoms with Crippen LogP contribution in [0.5, 0.6) is 5.88 Å². The SMILES string of the molecule is CC(C)(Oc1ncc(-c2cc3c(C(F)(F)F)ncn3cn2)cc1F)C(F)(F)F. The van der Waals surface area contributed by atoms with Gasteiger partial charge in [-0.3, -0.25) is 4.40 Å². The molecule has 28 heavy (non-hydrogen) atoms. The van der Waals surface area contributed by atoms with E-state index in [1.54, 1.807) is 0 Å². The minimum atomic E-state index is -4.78. The highest BCUT2D eigenvalue weighted by molar-refractivity contribution is 5.66. The second kappa shape index (κ2) is 6.31. The number of hydrogen-bond acceptors (Lipinski definition) is 4. The van der Waals surface area contributed by atoms with Crippen LogP contribution in [0.15, 0.2) is 31.0 Å². The fourth-order valence-electron chi connectivity index (χ4n) is 2.21. The molecule has 0 radical (unpaired) electrons. The maximum absolute atomic E-state index is 14.2. The van der Waals surface area contributed by atoms with Crippen LogP contribution in [0.1, 0.15) is 19.5 Å². The minimum Gasteiger partial charge on any atom is -0.460 e. The monoisotopic (exact) mass is 408 g/mol. The summed E-state index contributed by atoms with van der Waals surface area (Å²) in [5.74, 6) is -2.12. The summed E-state index contributed by atoms with van der Waals surface area (Å²) in [4.78, 5) is 10.7. The largest absolute Gasteiger partial charge is 0.460 e. The number of nitrogens with zero attached hydrogens (tertiary/aromatic N) is 4. The molecule has 3 rings (SSSR count). The predicted octanol–water partition coefficient (Wildman–Crippen LogP) is 4.67. The van der Waals surface area contributed by atoms with E-state index in [-0.39, 0.29) is 16.8 Å². The van der Waals surface area contributed by atoms with Crippen molar-refractivity contribution in [1.29, 1.82) is 0 Å². The molecule has 3 aromatic rings. The lowest BCUT2D eigenvalue weighted by Gasteiger charge is -2.28. The molecule has 0 saturated heterocycles. The van der Waals surface area contributed by atoms with E-state index in [0.717, 1.165) is 35.4 Å². The van der Waals surface area contributed by atoms with Gasteiger partial charge in [-0.2, -0.15) is 26.3 Å². The summed E-state index contributed by atoms with van der Waals surface area (Å²) in [6.07, 6.45) is -6.57. The Morgan fingerprint density at radius 2 is 1.57 bits per heavy atom. The lowest BCUT2D eigenvalue weighted by atomic mass is 10.1. The normalized spacial score (nSPS) is 13.2. The van der Waals surface area contributed by atoms with Gasteiger partial charge in [0, 0.05) is 11.8 Å². The first kappa shape index (κ1) is 19.8. The molecule has 3 aromatic heterocycles. The second-order valence-corrected chi connectivity index (χ2v) is 6.28. The Bertz CT molecular complexity index is 1020. The molecule has 0 spiro atoms. The first-order valence-corrected chi connectivity index (χ1v) is 7.61. The first-order valence-electron chi connectivity index (χ1n) is 7.61. The van der Waals surface area contributed by atoms with Crippen LogP contribution in [-0.2, 0) is 6.18 Å². The van der Waals surface area contributed by atoms with Crippen LogP contribution in [0.4, 0.5) is 30.7 Å². The molecule has 0 aliphatic carbocycles. The van der Waals surface area contributed by atoms with Crippen LogP contribution in [0, 0.1) is 5.82 Å². The fourth-order valence-corrected chi connectivity index (χ4v) is 2.21. The van der Waals surface area contributed by atoms with Crippen molar-refractivity contribution in [2.75, 3.05) is 0 Å². The highest BCUT2D eigenvalue weighted by atomic mass is 19.4. The fraction of sp³-hybridized carbons (Fsp3) is 0.312. The predicted molar refractivity (Wildman–Crippen MR) is 81.9 cm³/mol. The Kier molecular flexibility index (Phi) is 4.47. The molecule has 0 N–H and O–H groups in total. The lowest BCUT2D eigenvalue weighted by molar-refractivity contribution is -0.235. The number of aromatic nitrogens is 4. The van der Waals surface area contributed by atoms with Gasteiger partial charge in [0.15, 0.2) is 17.1 Å². The molecular weight excluding hydrogens is 397 g/mol. The van der Waals surface area contributed by atoms with E-state index in [1.807, 2.05) is 0 Å². The molecular formula is C16H11F7N4O. The van der Waals surface area contributed by atoms with Gasteiger partial charge in [-0.15, -0.1) is 0 Å². The van der Waals surface area contributed by atoms with Crippen LogP contribution in [0.25, 0.3) is 16.8 Å². The van der Waals surface area contributed by atoms with Crippen molar-refractivity contribution in [3.63, 3.8) is 0 Å². The van der Waals surface area contributed by atoms with Gasteiger partial charge in [-0.1, -0.05) is 0 Å². The van der Waals surface area contributed by atoms with Gasteiger partial charge < -0.3 is 4.74 Å². The molecule has 12 heteroatoms. The summed E-state index contributed by atoms with van der Waals surface area (Å²) >= 11 is 0. The summed E-state index contributed by atoms with van der Waals surface area (Å²) in [7, 11) is 0. The molecule has 0 amide bonds. The van der Waals surface area contributed by atoms with Gasteiger partial charge >= 0.3 is 12.4 Å². The summed E-state index contributed by atoms with van der Waals surface area (Å²) in [5, 5.41) is 0. The van der Waals surface area contributed by atoms with E-state index in [0.29, 0.717) is 13.8 Å². The highest BCUT2D eigenvalue weighted by Gasteiger charge is 2.50. The molecule has 0 unspecified atom stereocenters. The molecule has 0 fully saturated rings. The maximum Gasteiger partial charge on any atom is 0.435 e. The zero-order valence-electron chi connectivity index (χ0n) is 14.2. The standard InChI is InChI=1S/C16H11F7N4O/c1-14(2,16(21,22)23)28-13-9(17)3-8(5-24-13)10-4-11-12(15(18,19)20)26-7-27(11)6-25-10/h3-7H,1-2H3. The van der Waals surface area contributed by atoms with E-state index < -0.39 is 35.3 Å². The van der Waals surface area contributed by atoms with E-state index in [9.17, 15) is 30.7 Å². The summed E-state index contributed by atoms with van der Waals surface area (Å²) in [6, 6.07) is 1.80. The van der Waals surface area contributed by atoms with E-state index in [2.05, 4.69) is 19.7 Å². The van der Waals surface area contributed by atoms with Crippen LogP contribution >= 0.6 is 0 Å². The number of imidazole rings is 1. The maximum atomic E-state index is 14.2. The summed E-state index contributed by atoms with van der Waals surface area (Å²) in [6.45, 7) is 1.41. The molecule has 3 heterocycles. The van der Waals surface area contributed by atoms with E-state index >= 15 is 0 Å². The number of fused-ring (bicyclic) bond motifs is 1. The third kappa shape index (κ3) is 3.58. The lowest BCUT2D eigenvalue weighted by Crippen LogP contribution is -2.45.